The van der Waals surface area contributed by atoms with E-state index in [1.807, 2.05) is 24.4 Å². The molecule has 1 atom stereocenters. The Hall–Kier alpha value is -2.87. The second-order valence-electron chi connectivity index (χ2n) is 6.51. The minimum atomic E-state index is -4.36. The normalized spacial score (nSPS) is 16.5. The van der Waals surface area contributed by atoms with Crippen LogP contribution in [0.5, 0.6) is 0 Å². The molecule has 0 bridgehead atoms. The molecule has 4 rings (SSSR count). The number of halogens is 3. The first kappa shape index (κ1) is 18.5. The first-order valence-corrected chi connectivity index (χ1v) is 9.14. The lowest BCUT2D eigenvalue weighted by Gasteiger charge is -2.39. The summed E-state index contributed by atoms with van der Waals surface area (Å²) in [6, 6.07) is 12.7. The number of rotatable bonds is 2. The molecule has 3 heterocycles. The topological polar surface area (TPSA) is 33.1 Å². The Morgan fingerprint density at radius 2 is 1.75 bits per heavy atom. The van der Waals surface area contributed by atoms with Crippen LogP contribution in [-0.4, -0.2) is 26.1 Å². The summed E-state index contributed by atoms with van der Waals surface area (Å²) in [5.74, 6) is 0. The van der Waals surface area contributed by atoms with Gasteiger partial charge in [-0.15, -0.1) is 0 Å². The second kappa shape index (κ2) is 7.27. The Labute approximate surface area is 165 Å². The number of thiocarbonyl (C=S) groups is 1. The van der Waals surface area contributed by atoms with Gasteiger partial charge in [-0.2, -0.15) is 13.2 Å². The predicted octanol–water partition coefficient (Wildman–Crippen LogP) is 4.70. The third-order valence-electron chi connectivity index (χ3n) is 4.78. The van der Waals surface area contributed by atoms with E-state index in [4.69, 9.17) is 12.2 Å². The first-order valence-electron chi connectivity index (χ1n) is 8.73. The van der Waals surface area contributed by atoms with E-state index in [2.05, 4.69) is 25.8 Å². The van der Waals surface area contributed by atoms with Crippen molar-refractivity contribution in [2.45, 2.75) is 18.8 Å². The Bertz CT molecular complexity index is 967. The average Bonchev–Trinajstić information content (AvgIpc) is 3.16. The van der Waals surface area contributed by atoms with Crippen molar-refractivity contribution in [1.82, 2.24) is 14.5 Å². The van der Waals surface area contributed by atoms with Gasteiger partial charge in [0.1, 0.15) is 0 Å². The van der Waals surface area contributed by atoms with E-state index < -0.39 is 11.7 Å². The van der Waals surface area contributed by atoms with Gasteiger partial charge >= 0.3 is 6.18 Å². The van der Waals surface area contributed by atoms with Gasteiger partial charge in [0.05, 0.1) is 11.6 Å². The van der Waals surface area contributed by atoms with Gasteiger partial charge in [-0.25, -0.2) is 0 Å². The molecule has 0 amide bonds. The van der Waals surface area contributed by atoms with Crippen LogP contribution in [0, 0.1) is 0 Å². The van der Waals surface area contributed by atoms with Gasteiger partial charge in [-0.1, -0.05) is 0 Å². The first-order chi connectivity index (χ1) is 13.4. The molecule has 1 aromatic carbocycles. The number of pyridine rings is 1. The van der Waals surface area contributed by atoms with Crippen molar-refractivity contribution in [3.05, 3.63) is 83.9 Å². The summed E-state index contributed by atoms with van der Waals surface area (Å²) in [6.07, 6.45) is 1.15. The van der Waals surface area contributed by atoms with Gasteiger partial charge < -0.3 is 14.8 Å². The molecular formula is C20H17F3N4S. The van der Waals surface area contributed by atoms with Crippen molar-refractivity contribution in [2.24, 2.45) is 0 Å². The standard InChI is InChI=1S/C20H17F3N4S/c21-20(22,23)15-3-5-16(6-4-15)25-19(28)27-13-12-26-11-1-2-17(26)18(27)14-7-9-24-10-8-14/h1-11,18H,12-13H2,(H,25,28)/t18-/m1/s1. The van der Waals surface area contributed by atoms with Crippen molar-refractivity contribution in [1.29, 1.82) is 0 Å². The summed E-state index contributed by atoms with van der Waals surface area (Å²) in [5.41, 5.74) is 1.99. The molecule has 1 aliphatic heterocycles. The highest BCUT2D eigenvalue weighted by atomic mass is 32.1. The van der Waals surface area contributed by atoms with E-state index in [1.165, 1.54) is 12.1 Å². The van der Waals surface area contributed by atoms with Gasteiger partial charge in [0.2, 0.25) is 0 Å². The van der Waals surface area contributed by atoms with Crippen molar-refractivity contribution < 1.29 is 13.2 Å². The van der Waals surface area contributed by atoms with Gasteiger partial charge in [0, 0.05) is 43.1 Å². The zero-order valence-corrected chi connectivity index (χ0v) is 15.5. The SMILES string of the molecule is FC(F)(F)c1ccc(NC(=S)N2CCn3cccc3[C@H]2c2ccncc2)cc1. The van der Waals surface area contributed by atoms with Crippen LogP contribution < -0.4 is 5.32 Å². The molecule has 1 N–H and O–H groups in total. The van der Waals surface area contributed by atoms with E-state index in [1.54, 1.807) is 12.4 Å². The molecular weight excluding hydrogens is 385 g/mol. The maximum Gasteiger partial charge on any atom is 0.416 e. The maximum atomic E-state index is 12.8. The molecule has 144 valence electrons. The third-order valence-corrected chi connectivity index (χ3v) is 5.12. The van der Waals surface area contributed by atoms with Gasteiger partial charge in [0.15, 0.2) is 5.11 Å². The lowest BCUT2D eigenvalue weighted by molar-refractivity contribution is -0.137. The Morgan fingerprint density at radius 1 is 1.04 bits per heavy atom. The van der Waals surface area contributed by atoms with E-state index in [0.717, 1.165) is 29.9 Å². The zero-order chi connectivity index (χ0) is 19.7. The maximum absolute atomic E-state index is 12.8. The molecule has 0 saturated carbocycles. The van der Waals surface area contributed by atoms with Gasteiger partial charge in [0.25, 0.3) is 0 Å². The summed E-state index contributed by atoms with van der Waals surface area (Å²) < 4.78 is 40.5. The van der Waals surface area contributed by atoms with E-state index in [0.29, 0.717) is 17.3 Å². The predicted molar refractivity (Wildman–Crippen MR) is 105 cm³/mol. The summed E-state index contributed by atoms with van der Waals surface area (Å²) in [4.78, 5) is 6.14. The molecule has 0 radical (unpaired) electrons. The van der Waals surface area contributed by atoms with Crippen molar-refractivity contribution in [3.8, 4) is 0 Å². The second-order valence-corrected chi connectivity index (χ2v) is 6.89. The molecule has 2 aromatic heterocycles. The lowest BCUT2D eigenvalue weighted by Crippen LogP contribution is -2.44. The number of nitrogens with zero attached hydrogens (tertiary/aromatic N) is 3. The number of fused-ring (bicyclic) bond motifs is 1. The fourth-order valence-corrected chi connectivity index (χ4v) is 3.75. The highest BCUT2D eigenvalue weighted by molar-refractivity contribution is 7.80. The molecule has 28 heavy (non-hydrogen) atoms. The molecule has 8 heteroatoms. The number of nitrogens with one attached hydrogen (secondary N) is 1. The van der Waals surface area contributed by atoms with Crippen LogP contribution in [0.25, 0.3) is 0 Å². The third kappa shape index (κ3) is 3.60. The molecule has 1 aliphatic rings. The fourth-order valence-electron chi connectivity index (χ4n) is 3.44. The lowest BCUT2D eigenvalue weighted by atomic mass is 10.0. The van der Waals surface area contributed by atoms with Crippen LogP contribution in [0.3, 0.4) is 0 Å². The van der Waals surface area contributed by atoms with Crippen molar-refractivity contribution in [2.75, 3.05) is 11.9 Å². The van der Waals surface area contributed by atoms with Gasteiger partial charge in [-0.3, -0.25) is 4.98 Å². The molecule has 0 saturated heterocycles. The molecule has 4 nitrogen and oxygen atoms in total. The average molecular weight is 402 g/mol. The summed E-state index contributed by atoms with van der Waals surface area (Å²) in [7, 11) is 0. The van der Waals surface area contributed by atoms with Crippen LogP contribution in [0.1, 0.15) is 22.9 Å². The Kier molecular flexibility index (Phi) is 4.80. The monoisotopic (exact) mass is 402 g/mol. The van der Waals surface area contributed by atoms with E-state index in [9.17, 15) is 13.2 Å². The molecule has 0 fully saturated rings. The van der Waals surface area contributed by atoms with Gasteiger partial charge in [-0.05, 0) is 66.3 Å². The summed E-state index contributed by atoms with van der Waals surface area (Å²) in [5, 5.41) is 3.54. The number of anilines is 1. The highest BCUT2D eigenvalue weighted by Gasteiger charge is 2.31. The van der Waals surface area contributed by atoms with Crippen molar-refractivity contribution in [3.63, 3.8) is 0 Å². The largest absolute Gasteiger partial charge is 0.416 e. The van der Waals surface area contributed by atoms with Crippen LogP contribution in [0.15, 0.2) is 67.1 Å². The van der Waals surface area contributed by atoms with Crippen LogP contribution in [0.2, 0.25) is 0 Å². The van der Waals surface area contributed by atoms with Crippen LogP contribution in [-0.2, 0) is 12.7 Å². The quantitative estimate of drug-likeness (QED) is 0.630. The molecule has 0 aliphatic carbocycles. The zero-order valence-electron chi connectivity index (χ0n) is 14.7. The number of benzene rings is 1. The minimum absolute atomic E-state index is 0.0961. The van der Waals surface area contributed by atoms with E-state index in [-0.39, 0.29) is 6.04 Å². The molecule has 0 unspecified atom stereocenters. The molecule has 3 aromatic rings. The highest BCUT2D eigenvalue weighted by Crippen LogP contribution is 2.33. The van der Waals surface area contributed by atoms with Crippen LogP contribution in [0.4, 0.5) is 18.9 Å². The number of hydrogen-bond donors (Lipinski definition) is 1. The summed E-state index contributed by atoms with van der Waals surface area (Å²) in [6.45, 7) is 1.46. The number of hydrogen-bond acceptors (Lipinski definition) is 2. The molecule has 0 spiro atoms. The number of aromatic nitrogens is 2. The number of alkyl halides is 3. The minimum Gasteiger partial charge on any atom is -0.348 e. The van der Waals surface area contributed by atoms with E-state index >= 15 is 0 Å². The Balaban J connectivity index is 1.59. The van der Waals surface area contributed by atoms with Crippen molar-refractivity contribution >= 4 is 23.0 Å². The smallest absolute Gasteiger partial charge is 0.348 e. The fraction of sp³-hybridized carbons (Fsp3) is 0.200. The Morgan fingerprint density at radius 3 is 2.43 bits per heavy atom. The van der Waals surface area contributed by atoms with Crippen LogP contribution >= 0.6 is 12.2 Å². The summed E-state index contributed by atoms with van der Waals surface area (Å²) >= 11 is 5.61.